The molecule has 3 aromatic rings. The lowest BCUT2D eigenvalue weighted by molar-refractivity contribution is -0.113. The van der Waals surface area contributed by atoms with Crippen molar-refractivity contribution < 1.29 is 4.79 Å². The normalized spacial score (nSPS) is 11.8. The molecule has 28 heavy (non-hydrogen) atoms. The summed E-state index contributed by atoms with van der Waals surface area (Å²) < 4.78 is 0.779. The molecule has 3 rings (SSSR count). The van der Waals surface area contributed by atoms with Crippen LogP contribution in [0.2, 0.25) is 0 Å². The van der Waals surface area contributed by atoms with Crippen LogP contribution < -0.4 is 10.6 Å². The maximum atomic E-state index is 12.4. The molecule has 1 aromatic heterocycles. The molecule has 0 aliphatic heterocycles. The van der Waals surface area contributed by atoms with Crippen molar-refractivity contribution in [3.05, 3.63) is 65.7 Å². The van der Waals surface area contributed by atoms with Gasteiger partial charge in [0.15, 0.2) is 4.34 Å². The minimum absolute atomic E-state index is 0.0326. The van der Waals surface area contributed by atoms with Crippen LogP contribution in [0.5, 0.6) is 0 Å². The van der Waals surface area contributed by atoms with Crippen molar-refractivity contribution in [3.8, 4) is 0 Å². The largest absolute Gasteiger partial charge is 0.356 e. The van der Waals surface area contributed by atoms with Crippen LogP contribution in [0.25, 0.3) is 0 Å². The second kappa shape index (κ2) is 10.2. The van der Waals surface area contributed by atoms with Gasteiger partial charge in [-0.3, -0.25) is 4.79 Å². The SMILES string of the molecule is CC[C@H](C)c1ccccc1NC(=O)CSc1nnc(NCc2ccccc2)s1. The van der Waals surface area contributed by atoms with Crippen LogP contribution in [0, 0.1) is 0 Å². The number of anilines is 2. The van der Waals surface area contributed by atoms with Gasteiger partial charge in [-0.25, -0.2) is 0 Å². The molecular formula is C21H24N4OS2. The highest BCUT2D eigenvalue weighted by molar-refractivity contribution is 8.01. The molecule has 0 unspecified atom stereocenters. The molecule has 0 aliphatic rings. The summed E-state index contributed by atoms with van der Waals surface area (Å²) in [6, 6.07) is 18.1. The number of hydrogen-bond acceptors (Lipinski definition) is 6. The number of para-hydroxylation sites is 1. The van der Waals surface area contributed by atoms with Crippen LogP contribution in [0.4, 0.5) is 10.8 Å². The minimum Gasteiger partial charge on any atom is -0.356 e. The maximum Gasteiger partial charge on any atom is 0.234 e. The second-order valence-corrected chi connectivity index (χ2v) is 8.65. The van der Waals surface area contributed by atoms with Gasteiger partial charge in [0.25, 0.3) is 0 Å². The van der Waals surface area contributed by atoms with Crippen molar-refractivity contribution >= 4 is 39.8 Å². The Morgan fingerprint density at radius 1 is 1.11 bits per heavy atom. The van der Waals surface area contributed by atoms with E-state index in [1.165, 1.54) is 34.2 Å². The van der Waals surface area contributed by atoms with E-state index in [-0.39, 0.29) is 5.91 Å². The van der Waals surface area contributed by atoms with Crippen molar-refractivity contribution in [2.45, 2.75) is 37.1 Å². The van der Waals surface area contributed by atoms with Crippen LogP contribution in [0.3, 0.4) is 0 Å². The first-order valence-electron chi connectivity index (χ1n) is 9.28. The third-order valence-corrected chi connectivity index (χ3v) is 6.41. The van der Waals surface area contributed by atoms with E-state index in [4.69, 9.17) is 0 Å². The number of aromatic nitrogens is 2. The lowest BCUT2D eigenvalue weighted by Crippen LogP contribution is -2.15. The molecule has 0 bridgehead atoms. The van der Waals surface area contributed by atoms with E-state index >= 15 is 0 Å². The van der Waals surface area contributed by atoms with Crippen molar-refractivity contribution in [2.24, 2.45) is 0 Å². The fourth-order valence-electron chi connectivity index (χ4n) is 2.69. The van der Waals surface area contributed by atoms with E-state index in [2.05, 4.69) is 52.9 Å². The van der Waals surface area contributed by atoms with E-state index < -0.39 is 0 Å². The summed E-state index contributed by atoms with van der Waals surface area (Å²) in [6.45, 7) is 5.02. The summed E-state index contributed by atoms with van der Waals surface area (Å²) in [6.07, 6.45) is 1.03. The number of carbonyl (C=O) groups excluding carboxylic acids is 1. The van der Waals surface area contributed by atoms with E-state index in [1.807, 2.05) is 36.4 Å². The smallest absolute Gasteiger partial charge is 0.234 e. The standard InChI is InChI=1S/C21H24N4OS2/c1-3-15(2)17-11-7-8-12-18(17)23-19(26)14-27-21-25-24-20(28-21)22-13-16-9-5-4-6-10-16/h4-12,15H,3,13-14H2,1-2H3,(H,22,24)(H,23,26)/t15-/m0/s1. The van der Waals surface area contributed by atoms with Gasteiger partial charge in [-0.15, -0.1) is 10.2 Å². The summed E-state index contributed by atoms with van der Waals surface area (Å²) in [5.41, 5.74) is 3.25. The molecule has 0 saturated heterocycles. The van der Waals surface area contributed by atoms with Crippen molar-refractivity contribution in [1.82, 2.24) is 10.2 Å². The van der Waals surface area contributed by atoms with E-state index in [9.17, 15) is 4.79 Å². The molecule has 2 N–H and O–H groups in total. The van der Waals surface area contributed by atoms with Crippen molar-refractivity contribution in [2.75, 3.05) is 16.4 Å². The van der Waals surface area contributed by atoms with Crippen LogP contribution in [0.15, 0.2) is 58.9 Å². The first-order valence-corrected chi connectivity index (χ1v) is 11.1. The Bertz CT molecular complexity index is 898. The molecule has 1 heterocycles. The topological polar surface area (TPSA) is 66.9 Å². The first-order chi connectivity index (χ1) is 13.7. The van der Waals surface area contributed by atoms with Gasteiger partial charge in [0, 0.05) is 12.2 Å². The van der Waals surface area contributed by atoms with Crippen LogP contribution >= 0.6 is 23.1 Å². The van der Waals surface area contributed by atoms with Gasteiger partial charge >= 0.3 is 0 Å². The van der Waals surface area contributed by atoms with Crippen LogP contribution in [-0.4, -0.2) is 21.9 Å². The average Bonchev–Trinajstić information content (AvgIpc) is 3.19. The van der Waals surface area contributed by atoms with Crippen molar-refractivity contribution in [1.29, 1.82) is 0 Å². The van der Waals surface area contributed by atoms with E-state index in [1.54, 1.807) is 0 Å². The third-order valence-electron chi connectivity index (χ3n) is 4.40. The molecule has 2 aromatic carbocycles. The van der Waals surface area contributed by atoms with Gasteiger partial charge in [0.05, 0.1) is 5.75 Å². The molecule has 0 radical (unpaired) electrons. The fraction of sp³-hybridized carbons (Fsp3) is 0.286. The predicted molar refractivity (Wildman–Crippen MR) is 118 cm³/mol. The summed E-state index contributed by atoms with van der Waals surface area (Å²) in [5.74, 6) is 0.683. The van der Waals surface area contributed by atoms with Crippen molar-refractivity contribution in [3.63, 3.8) is 0 Å². The van der Waals surface area contributed by atoms with Crippen LogP contribution in [0.1, 0.15) is 37.3 Å². The molecular weight excluding hydrogens is 388 g/mol. The molecule has 0 saturated carbocycles. The highest BCUT2D eigenvalue weighted by Crippen LogP contribution is 2.28. The Labute approximate surface area is 174 Å². The molecule has 1 atom stereocenters. The number of carbonyl (C=O) groups is 1. The van der Waals surface area contributed by atoms with Gasteiger partial charge in [-0.1, -0.05) is 85.5 Å². The summed E-state index contributed by atoms with van der Waals surface area (Å²) >= 11 is 2.86. The predicted octanol–water partition coefficient (Wildman–Crippen LogP) is 5.39. The van der Waals surface area contributed by atoms with Gasteiger partial charge in [0.1, 0.15) is 0 Å². The van der Waals surface area contributed by atoms with E-state index in [0.717, 1.165) is 21.6 Å². The molecule has 7 heteroatoms. The highest BCUT2D eigenvalue weighted by Gasteiger charge is 2.12. The number of amides is 1. The van der Waals surface area contributed by atoms with E-state index in [0.29, 0.717) is 18.2 Å². The Morgan fingerprint density at radius 2 is 1.86 bits per heavy atom. The minimum atomic E-state index is -0.0326. The molecule has 0 spiro atoms. The third kappa shape index (κ3) is 5.81. The average molecular weight is 413 g/mol. The Kier molecular flexibility index (Phi) is 7.45. The maximum absolute atomic E-state index is 12.4. The molecule has 146 valence electrons. The molecule has 5 nitrogen and oxygen atoms in total. The number of benzene rings is 2. The van der Waals surface area contributed by atoms with Gasteiger partial charge in [0.2, 0.25) is 11.0 Å². The zero-order valence-electron chi connectivity index (χ0n) is 16.0. The monoisotopic (exact) mass is 412 g/mol. The Morgan fingerprint density at radius 3 is 2.64 bits per heavy atom. The Hall–Kier alpha value is -2.38. The number of nitrogens with one attached hydrogen (secondary N) is 2. The number of hydrogen-bond donors (Lipinski definition) is 2. The summed E-state index contributed by atoms with van der Waals surface area (Å²) in [7, 11) is 0. The molecule has 1 amide bonds. The molecule has 0 aliphatic carbocycles. The second-order valence-electron chi connectivity index (χ2n) is 6.45. The highest BCUT2D eigenvalue weighted by atomic mass is 32.2. The fourth-order valence-corrected chi connectivity index (χ4v) is 4.23. The Balaban J connectivity index is 1.50. The molecule has 0 fully saturated rings. The number of nitrogens with zero attached hydrogens (tertiary/aromatic N) is 2. The number of rotatable bonds is 9. The zero-order chi connectivity index (χ0) is 19.8. The first kappa shape index (κ1) is 20.4. The van der Waals surface area contributed by atoms with Gasteiger partial charge < -0.3 is 10.6 Å². The van der Waals surface area contributed by atoms with Crippen LogP contribution in [-0.2, 0) is 11.3 Å². The summed E-state index contributed by atoms with van der Waals surface area (Å²) in [5, 5.41) is 15.4. The summed E-state index contributed by atoms with van der Waals surface area (Å²) in [4.78, 5) is 12.4. The van der Waals surface area contributed by atoms with Gasteiger partial charge in [-0.05, 0) is 29.5 Å². The number of thioether (sulfide) groups is 1. The lowest BCUT2D eigenvalue weighted by Gasteiger charge is -2.15. The zero-order valence-corrected chi connectivity index (χ0v) is 17.6. The van der Waals surface area contributed by atoms with Gasteiger partial charge in [-0.2, -0.15) is 0 Å². The lowest BCUT2D eigenvalue weighted by atomic mass is 9.97. The quantitative estimate of drug-likeness (QED) is 0.461.